The third kappa shape index (κ3) is 8.90. The second kappa shape index (κ2) is 13.4. The van der Waals surface area contributed by atoms with E-state index in [2.05, 4.69) is 20.9 Å². The lowest BCUT2D eigenvalue weighted by molar-refractivity contribution is -0.143. The van der Waals surface area contributed by atoms with E-state index in [9.17, 15) is 29.1 Å². The number of carbonyl (C=O) groups excluding carboxylic acids is 3. The summed E-state index contributed by atoms with van der Waals surface area (Å²) in [5, 5.41) is 26.9. The summed E-state index contributed by atoms with van der Waals surface area (Å²) in [6, 6.07) is 2.74. The Labute approximate surface area is 214 Å². The smallest absolute Gasteiger partial charge is 0.326 e. The Morgan fingerprint density at radius 1 is 0.919 bits per heavy atom. The molecule has 1 aromatic heterocycles. The van der Waals surface area contributed by atoms with Crippen LogP contribution in [0.25, 0.3) is 10.9 Å². The number of aromatic nitrogens is 1. The van der Waals surface area contributed by atoms with E-state index < -0.39 is 60.2 Å². The molecule has 0 spiro atoms. The highest BCUT2D eigenvalue weighted by Gasteiger charge is 2.29. The first kappa shape index (κ1) is 29.3. The van der Waals surface area contributed by atoms with Crippen LogP contribution in [0.1, 0.15) is 45.6 Å². The molecule has 3 amide bonds. The molecule has 4 unspecified atom stereocenters. The zero-order valence-electron chi connectivity index (χ0n) is 21.1. The maximum atomic E-state index is 13.0. The Balaban J connectivity index is 2.10. The molecule has 0 radical (unpaired) electrons. The van der Waals surface area contributed by atoms with E-state index in [1.54, 1.807) is 12.3 Å². The number of carbonyl (C=O) groups is 5. The minimum atomic E-state index is -1.34. The van der Waals surface area contributed by atoms with E-state index in [0.717, 1.165) is 10.9 Å². The predicted molar refractivity (Wildman–Crippen MR) is 135 cm³/mol. The van der Waals surface area contributed by atoms with Crippen molar-refractivity contribution in [1.29, 1.82) is 0 Å². The lowest BCUT2D eigenvalue weighted by Gasteiger charge is -2.23. The third-order valence-electron chi connectivity index (χ3n) is 5.81. The molecular weight excluding hydrogens is 482 g/mol. The molecule has 1 aromatic carbocycles. The molecule has 0 bridgehead atoms. The second-order valence-corrected chi connectivity index (χ2v) is 9.42. The number of amides is 3. The third-order valence-corrected chi connectivity index (χ3v) is 5.81. The van der Waals surface area contributed by atoms with Crippen molar-refractivity contribution in [2.75, 3.05) is 0 Å². The first-order chi connectivity index (χ1) is 17.4. The summed E-state index contributed by atoms with van der Waals surface area (Å²) < 4.78 is 0. The van der Waals surface area contributed by atoms with Crippen LogP contribution in [0.15, 0.2) is 30.5 Å². The summed E-state index contributed by atoms with van der Waals surface area (Å²) in [4.78, 5) is 64.0. The summed E-state index contributed by atoms with van der Waals surface area (Å²) >= 11 is 0. The van der Waals surface area contributed by atoms with E-state index in [-0.39, 0.29) is 18.8 Å². The number of aromatic amines is 1. The number of carboxylic acid groups (broad SMARTS) is 2. The Kier molecular flexibility index (Phi) is 10.6. The van der Waals surface area contributed by atoms with E-state index in [4.69, 9.17) is 10.8 Å². The number of rotatable bonds is 14. The van der Waals surface area contributed by atoms with E-state index in [0.29, 0.717) is 12.0 Å². The van der Waals surface area contributed by atoms with Crippen molar-refractivity contribution in [1.82, 2.24) is 20.9 Å². The largest absolute Gasteiger partial charge is 0.481 e. The van der Waals surface area contributed by atoms with Gasteiger partial charge in [-0.05, 0) is 37.3 Å². The molecule has 37 heavy (non-hydrogen) atoms. The lowest BCUT2D eigenvalue weighted by atomic mass is 10.0. The number of hydrogen-bond acceptors (Lipinski definition) is 6. The van der Waals surface area contributed by atoms with Crippen LogP contribution < -0.4 is 21.7 Å². The molecule has 0 saturated carbocycles. The van der Waals surface area contributed by atoms with Crippen LogP contribution in [0.5, 0.6) is 0 Å². The van der Waals surface area contributed by atoms with Crippen LogP contribution in [0.3, 0.4) is 0 Å². The number of nitrogens with one attached hydrogen (secondary N) is 4. The SMILES string of the molecule is CC(C)CC(N)C(=O)NC(C)C(=O)NC(CCC(=O)O)C(=O)NC(Cc1c[nH]c2ccccc12)C(=O)O. The van der Waals surface area contributed by atoms with Crippen LogP contribution in [0.2, 0.25) is 0 Å². The highest BCUT2D eigenvalue weighted by atomic mass is 16.4. The van der Waals surface area contributed by atoms with Crippen molar-refractivity contribution >= 4 is 40.6 Å². The topological polar surface area (TPSA) is 204 Å². The number of H-pyrrole nitrogens is 1. The zero-order valence-corrected chi connectivity index (χ0v) is 21.1. The van der Waals surface area contributed by atoms with Gasteiger partial charge in [-0.15, -0.1) is 0 Å². The fourth-order valence-corrected chi connectivity index (χ4v) is 3.83. The summed E-state index contributed by atoms with van der Waals surface area (Å²) in [6.07, 6.45) is 1.31. The molecule has 0 saturated heterocycles. The van der Waals surface area contributed by atoms with Gasteiger partial charge in [-0.1, -0.05) is 32.0 Å². The van der Waals surface area contributed by atoms with Gasteiger partial charge in [-0.25, -0.2) is 4.79 Å². The lowest BCUT2D eigenvalue weighted by Crippen LogP contribution is -2.56. The number of benzene rings is 1. The molecule has 2 aromatic rings. The Morgan fingerprint density at radius 2 is 1.57 bits per heavy atom. The summed E-state index contributed by atoms with van der Waals surface area (Å²) in [7, 11) is 0. The van der Waals surface area contributed by atoms with Crippen molar-refractivity contribution < 1.29 is 34.2 Å². The first-order valence-corrected chi connectivity index (χ1v) is 12.0. The van der Waals surface area contributed by atoms with Crippen LogP contribution in [-0.4, -0.2) is 69.0 Å². The van der Waals surface area contributed by atoms with Gasteiger partial charge < -0.3 is 36.9 Å². The number of para-hydroxylation sites is 1. The molecular formula is C25H35N5O7. The molecule has 4 atom stereocenters. The van der Waals surface area contributed by atoms with E-state index >= 15 is 0 Å². The zero-order chi connectivity index (χ0) is 27.7. The van der Waals surface area contributed by atoms with Gasteiger partial charge in [0.15, 0.2) is 0 Å². The Hall–Kier alpha value is -3.93. The number of nitrogens with two attached hydrogens (primary N) is 1. The molecule has 202 valence electrons. The van der Waals surface area contributed by atoms with Crippen LogP contribution >= 0.6 is 0 Å². The molecule has 0 aliphatic rings. The quantitative estimate of drug-likeness (QED) is 0.188. The maximum absolute atomic E-state index is 13.0. The number of hydrogen-bond donors (Lipinski definition) is 7. The van der Waals surface area contributed by atoms with Gasteiger partial charge in [-0.3, -0.25) is 19.2 Å². The molecule has 12 heteroatoms. The monoisotopic (exact) mass is 517 g/mol. The average Bonchev–Trinajstić information content (AvgIpc) is 3.23. The van der Waals surface area contributed by atoms with Crippen LogP contribution in [0.4, 0.5) is 0 Å². The van der Waals surface area contributed by atoms with Gasteiger partial charge in [0.25, 0.3) is 0 Å². The van der Waals surface area contributed by atoms with Gasteiger partial charge >= 0.3 is 11.9 Å². The Morgan fingerprint density at radius 3 is 2.19 bits per heavy atom. The molecule has 0 aliphatic carbocycles. The standard InChI is InChI=1S/C25H35N5O7/c1-13(2)10-17(26)23(34)28-14(3)22(33)29-19(8-9-21(31)32)24(35)30-20(25(36)37)11-15-12-27-18-7-5-4-6-16(15)18/h4-7,12-14,17,19-20,27H,8-11,26H2,1-3H3,(H,28,34)(H,29,33)(H,30,35)(H,31,32)(H,36,37). The number of aliphatic carboxylic acids is 2. The van der Waals surface area contributed by atoms with Crippen molar-refractivity contribution in [3.8, 4) is 0 Å². The van der Waals surface area contributed by atoms with Gasteiger partial charge in [-0.2, -0.15) is 0 Å². The van der Waals surface area contributed by atoms with Gasteiger partial charge in [0.2, 0.25) is 17.7 Å². The molecule has 8 N–H and O–H groups in total. The van der Waals surface area contributed by atoms with Crippen molar-refractivity contribution in [2.45, 2.75) is 70.6 Å². The maximum Gasteiger partial charge on any atom is 0.326 e. The van der Waals surface area contributed by atoms with Crippen molar-refractivity contribution in [3.63, 3.8) is 0 Å². The van der Waals surface area contributed by atoms with E-state index in [1.165, 1.54) is 6.92 Å². The molecule has 12 nitrogen and oxygen atoms in total. The molecule has 0 fully saturated rings. The van der Waals surface area contributed by atoms with Crippen molar-refractivity contribution in [2.24, 2.45) is 11.7 Å². The normalized spacial score (nSPS) is 14.4. The minimum Gasteiger partial charge on any atom is -0.481 e. The fourth-order valence-electron chi connectivity index (χ4n) is 3.83. The summed E-state index contributed by atoms with van der Waals surface area (Å²) in [5.74, 6) is -4.44. The fraction of sp³-hybridized carbons (Fsp3) is 0.480. The summed E-state index contributed by atoms with van der Waals surface area (Å²) in [6.45, 7) is 5.20. The summed E-state index contributed by atoms with van der Waals surface area (Å²) in [5.41, 5.74) is 7.32. The number of fused-ring (bicyclic) bond motifs is 1. The van der Waals surface area contributed by atoms with Gasteiger partial charge in [0, 0.05) is 29.9 Å². The predicted octanol–water partition coefficient (Wildman–Crippen LogP) is 0.508. The highest BCUT2D eigenvalue weighted by molar-refractivity contribution is 5.94. The van der Waals surface area contributed by atoms with Gasteiger partial charge in [0.1, 0.15) is 18.1 Å². The van der Waals surface area contributed by atoms with Crippen molar-refractivity contribution in [3.05, 3.63) is 36.0 Å². The highest BCUT2D eigenvalue weighted by Crippen LogP contribution is 2.19. The first-order valence-electron chi connectivity index (χ1n) is 12.0. The Bertz CT molecular complexity index is 1130. The molecule has 0 aliphatic heterocycles. The average molecular weight is 518 g/mol. The van der Waals surface area contributed by atoms with Crippen LogP contribution in [-0.2, 0) is 30.4 Å². The van der Waals surface area contributed by atoms with E-state index in [1.807, 2.05) is 32.0 Å². The minimum absolute atomic E-state index is 0.0368. The van der Waals surface area contributed by atoms with Gasteiger partial charge in [0.05, 0.1) is 6.04 Å². The second-order valence-electron chi connectivity index (χ2n) is 9.42. The number of carboxylic acids is 2. The van der Waals surface area contributed by atoms with Crippen LogP contribution in [0, 0.1) is 5.92 Å². The molecule has 2 rings (SSSR count). The molecule has 1 heterocycles.